The zero-order valence-electron chi connectivity index (χ0n) is 10.9. The van der Waals surface area contributed by atoms with Gasteiger partial charge in [0.05, 0.1) is 5.69 Å². The molecular weight excluding hydrogens is 262 g/mol. The van der Waals surface area contributed by atoms with Gasteiger partial charge in [0.1, 0.15) is 11.6 Å². The first-order valence-corrected chi connectivity index (χ1v) is 6.10. The van der Waals surface area contributed by atoms with Gasteiger partial charge in [-0.3, -0.25) is 0 Å². The molecule has 0 aromatic heterocycles. The number of rotatable bonds is 3. The zero-order chi connectivity index (χ0) is 14.5. The fourth-order valence-corrected chi connectivity index (χ4v) is 1.65. The van der Waals surface area contributed by atoms with Crippen molar-refractivity contribution in [2.75, 3.05) is 5.32 Å². The molecule has 104 valence electrons. The van der Waals surface area contributed by atoms with Crippen LogP contribution in [0.2, 0.25) is 0 Å². The van der Waals surface area contributed by atoms with Crippen molar-refractivity contribution in [1.29, 1.82) is 0 Å². The average Bonchev–Trinajstić information content (AvgIpc) is 2.42. The van der Waals surface area contributed by atoms with Crippen molar-refractivity contribution in [2.24, 2.45) is 0 Å². The minimum atomic E-state index is -0.683. The number of nitrogens with one attached hydrogen (secondary N) is 2. The number of benzene rings is 2. The quantitative estimate of drug-likeness (QED) is 0.883. The summed E-state index contributed by atoms with van der Waals surface area (Å²) in [7, 11) is 0. The van der Waals surface area contributed by atoms with E-state index in [9.17, 15) is 13.6 Å². The first-order chi connectivity index (χ1) is 9.54. The molecule has 20 heavy (non-hydrogen) atoms. The van der Waals surface area contributed by atoms with Gasteiger partial charge in [-0.2, -0.15) is 0 Å². The molecule has 3 nitrogen and oxygen atoms in total. The van der Waals surface area contributed by atoms with E-state index in [0.29, 0.717) is 6.54 Å². The first-order valence-electron chi connectivity index (χ1n) is 6.10. The van der Waals surface area contributed by atoms with E-state index in [1.165, 1.54) is 0 Å². The van der Waals surface area contributed by atoms with Crippen molar-refractivity contribution < 1.29 is 13.6 Å². The van der Waals surface area contributed by atoms with E-state index < -0.39 is 17.7 Å². The number of amides is 2. The Bertz CT molecular complexity index is 612. The molecule has 2 aromatic rings. The van der Waals surface area contributed by atoms with Gasteiger partial charge >= 0.3 is 6.03 Å². The Kier molecular flexibility index (Phi) is 4.30. The predicted molar refractivity (Wildman–Crippen MR) is 73.4 cm³/mol. The van der Waals surface area contributed by atoms with Crippen molar-refractivity contribution in [3.8, 4) is 0 Å². The van der Waals surface area contributed by atoms with Gasteiger partial charge in [0, 0.05) is 12.6 Å². The standard InChI is InChI=1S/C15H14F2N2O/c1-10-2-4-11(5-3-10)9-18-15(20)19-14-8-12(16)6-7-13(14)17/h2-8H,9H2,1H3,(H2,18,19,20). The number of halogens is 2. The average molecular weight is 276 g/mol. The maximum absolute atomic E-state index is 13.3. The molecule has 0 radical (unpaired) electrons. The summed E-state index contributed by atoms with van der Waals surface area (Å²) in [6.07, 6.45) is 0. The number of aryl methyl sites for hydroxylation is 1. The maximum atomic E-state index is 13.3. The van der Waals surface area contributed by atoms with Crippen molar-refractivity contribution in [2.45, 2.75) is 13.5 Å². The van der Waals surface area contributed by atoms with Crippen LogP contribution >= 0.6 is 0 Å². The molecule has 2 N–H and O–H groups in total. The van der Waals surface area contributed by atoms with E-state index in [4.69, 9.17) is 0 Å². The summed E-state index contributed by atoms with van der Waals surface area (Å²) < 4.78 is 26.3. The molecule has 2 amide bonds. The number of urea groups is 1. The van der Waals surface area contributed by atoms with Crippen LogP contribution in [0.3, 0.4) is 0 Å². The lowest BCUT2D eigenvalue weighted by Crippen LogP contribution is -2.28. The summed E-state index contributed by atoms with van der Waals surface area (Å²) in [6.45, 7) is 2.28. The fraction of sp³-hybridized carbons (Fsp3) is 0.133. The van der Waals surface area contributed by atoms with Crippen LogP contribution in [0.1, 0.15) is 11.1 Å². The minimum Gasteiger partial charge on any atom is -0.334 e. The summed E-state index contributed by atoms with van der Waals surface area (Å²) in [6, 6.07) is 9.94. The molecule has 0 aliphatic rings. The summed E-state index contributed by atoms with van der Waals surface area (Å²) in [5.74, 6) is -1.29. The van der Waals surface area contributed by atoms with Crippen LogP contribution in [-0.2, 0) is 6.54 Å². The molecule has 0 unspecified atom stereocenters. The van der Waals surface area contributed by atoms with Gasteiger partial charge in [-0.15, -0.1) is 0 Å². The Morgan fingerprint density at radius 2 is 1.80 bits per heavy atom. The first kappa shape index (κ1) is 14.0. The highest BCUT2D eigenvalue weighted by Crippen LogP contribution is 2.14. The summed E-state index contributed by atoms with van der Waals surface area (Å²) >= 11 is 0. The van der Waals surface area contributed by atoms with Gasteiger partial charge < -0.3 is 10.6 Å². The third kappa shape index (κ3) is 3.78. The molecule has 0 aliphatic heterocycles. The van der Waals surface area contributed by atoms with Gasteiger partial charge in [0.2, 0.25) is 0 Å². The molecule has 0 saturated heterocycles. The SMILES string of the molecule is Cc1ccc(CNC(=O)Nc2cc(F)ccc2F)cc1. The molecule has 0 heterocycles. The molecule has 0 bridgehead atoms. The Morgan fingerprint density at radius 3 is 2.50 bits per heavy atom. The van der Waals surface area contributed by atoms with Crippen LogP contribution in [-0.4, -0.2) is 6.03 Å². The fourth-order valence-electron chi connectivity index (χ4n) is 1.65. The molecule has 0 atom stereocenters. The van der Waals surface area contributed by atoms with Crippen molar-refractivity contribution in [3.63, 3.8) is 0 Å². The molecule has 0 saturated carbocycles. The van der Waals surface area contributed by atoms with Gasteiger partial charge in [-0.1, -0.05) is 29.8 Å². The molecule has 0 aliphatic carbocycles. The monoisotopic (exact) mass is 276 g/mol. The largest absolute Gasteiger partial charge is 0.334 e. The van der Waals surface area contributed by atoms with E-state index in [2.05, 4.69) is 10.6 Å². The number of anilines is 1. The molecule has 2 rings (SSSR count). The highest BCUT2D eigenvalue weighted by atomic mass is 19.1. The van der Waals surface area contributed by atoms with Gasteiger partial charge in [-0.05, 0) is 24.6 Å². The van der Waals surface area contributed by atoms with Gasteiger partial charge in [0.25, 0.3) is 0 Å². The predicted octanol–water partition coefficient (Wildman–Crippen LogP) is 3.59. The van der Waals surface area contributed by atoms with Crippen LogP contribution in [0.4, 0.5) is 19.3 Å². The summed E-state index contributed by atoms with van der Waals surface area (Å²) in [5.41, 5.74) is 1.86. The maximum Gasteiger partial charge on any atom is 0.319 e. The minimum absolute atomic E-state index is 0.189. The third-order valence-electron chi connectivity index (χ3n) is 2.75. The van der Waals surface area contributed by atoms with Crippen molar-refractivity contribution in [3.05, 3.63) is 65.2 Å². The highest BCUT2D eigenvalue weighted by molar-refractivity contribution is 5.89. The van der Waals surface area contributed by atoms with E-state index in [1.54, 1.807) is 0 Å². The second-order valence-corrected chi connectivity index (χ2v) is 4.42. The molecule has 2 aromatic carbocycles. The number of carbonyl (C=O) groups is 1. The third-order valence-corrected chi connectivity index (χ3v) is 2.75. The van der Waals surface area contributed by atoms with E-state index in [1.807, 2.05) is 31.2 Å². The van der Waals surface area contributed by atoms with Crippen molar-refractivity contribution in [1.82, 2.24) is 5.32 Å². The molecular formula is C15H14F2N2O. The van der Waals surface area contributed by atoms with Crippen molar-refractivity contribution >= 4 is 11.7 Å². The Hall–Kier alpha value is -2.43. The smallest absolute Gasteiger partial charge is 0.319 e. The Balaban J connectivity index is 1.92. The van der Waals surface area contributed by atoms with Crippen LogP contribution < -0.4 is 10.6 Å². The highest BCUT2D eigenvalue weighted by Gasteiger charge is 2.07. The van der Waals surface area contributed by atoms with Crippen LogP contribution in [0, 0.1) is 18.6 Å². The normalized spacial score (nSPS) is 10.2. The number of carbonyl (C=O) groups excluding carboxylic acids is 1. The van der Waals surface area contributed by atoms with Gasteiger partial charge in [-0.25, -0.2) is 13.6 Å². The zero-order valence-corrected chi connectivity index (χ0v) is 10.9. The molecule has 0 spiro atoms. The summed E-state index contributed by atoms with van der Waals surface area (Å²) in [4.78, 5) is 11.6. The lowest BCUT2D eigenvalue weighted by Gasteiger charge is -2.08. The number of hydrogen-bond acceptors (Lipinski definition) is 1. The molecule has 0 fully saturated rings. The van der Waals surface area contributed by atoms with Crippen LogP contribution in [0.15, 0.2) is 42.5 Å². The van der Waals surface area contributed by atoms with E-state index >= 15 is 0 Å². The topological polar surface area (TPSA) is 41.1 Å². The Morgan fingerprint density at radius 1 is 1.10 bits per heavy atom. The lowest BCUT2D eigenvalue weighted by molar-refractivity contribution is 0.251. The second-order valence-electron chi connectivity index (χ2n) is 4.42. The van der Waals surface area contributed by atoms with Crippen LogP contribution in [0.5, 0.6) is 0 Å². The van der Waals surface area contributed by atoms with Crippen LogP contribution in [0.25, 0.3) is 0 Å². The summed E-state index contributed by atoms with van der Waals surface area (Å²) in [5, 5.41) is 4.84. The van der Waals surface area contributed by atoms with E-state index in [-0.39, 0.29) is 5.69 Å². The number of hydrogen-bond donors (Lipinski definition) is 2. The molecule has 5 heteroatoms. The lowest BCUT2D eigenvalue weighted by atomic mass is 10.1. The van der Waals surface area contributed by atoms with Gasteiger partial charge in [0.15, 0.2) is 0 Å². The van der Waals surface area contributed by atoms with E-state index in [0.717, 1.165) is 29.3 Å². The Labute approximate surface area is 115 Å². The second kappa shape index (κ2) is 6.14.